The van der Waals surface area contributed by atoms with Crippen molar-refractivity contribution in [2.75, 3.05) is 20.6 Å². The van der Waals surface area contributed by atoms with Gasteiger partial charge in [0.05, 0.1) is 6.20 Å². The Labute approximate surface area is 121 Å². The first kappa shape index (κ1) is 14.8. The van der Waals surface area contributed by atoms with E-state index in [0.29, 0.717) is 0 Å². The highest BCUT2D eigenvalue weighted by Crippen LogP contribution is 2.13. The van der Waals surface area contributed by atoms with Crippen LogP contribution in [0.4, 0.5) is 0 Å². The molecule has 1 N–H and O–H groups in total. The van der Waals surface area contributed by atoms with E-state index in [0.717, 1.165) is 26.1 Å². The number of benzene rings is 1. The number of aryl methyl sites for hydroxylation is 1. The molecule has 2 aromatic rings. The molecule has 4 nitrogen and oxygen atoms in total. The molecule has 0 amide bonds. The molecule has 1 aromatic heterocycles. The van der Waals surface area contributed by atoms with Crippen LogP contribution < -0.4 is 5.32 Å². The number of nitrogens with zero attached hydrogens (tertiary/aromatic N) is 3. The molecule has 0 unspecified atom stereocenters. The molecule has 0 radical (unpaired) electrons. The molecule has 108 valence electrons. The van der Waals surface area contributed by atoms with Gasteiger partial charge in [0, 0.05) is 31.9 Å². The minimum absolute atomic E-state index is 0.925. The molecule has 1 heterocycles. The summed E-state index contributed by atoms with van der Waals surface area (Å²) < 4.78 is 1.85. The molecule has 20 heavy (non-hydrogen) atoms. The minimum Gasteiger partial charge on any atom is -0.319 e. The lowest BCUT2D eigenvalue weighted by Crippen LogP contribution is -2.19. The van der Waals surface area contributed by atoms with Gasteiger partial charge >= 0.3 is 0 Å². The molecule has 1 aromatic carbocycles. The molecule has 0 saturated heterocycles. The Balaban J connectivity index is 1.98. The van der Waals surface area contributed by atoms with Crippen LogP contribution >= 0.6 is 0 Å². The summed E-state index contributed by atoms with van der Waals surface area (Å²) in [5, 5.41) is 7.43. The highest BCUT2D eigenvalue weighted by atomic mass is 15.2. The Bertz CT molecular complexity index is 533. The van der Waals surface area contributed by atoms with Gasteiger partial charge in [0.2, 0.25) is 0 Å². The van der Waals surface area contributed by atoms with Crippen LogP contribution in [0.3, 0.4) is 0 Å². The van der Waals surface area contributed by atoms with Gasteiger partial charge in [-0.05, 0) is 38.2 Å². The number of nitrogens with one attached hydrogen (secondary N) is 1. The molecule has 0 fully saturated rings. The van der Waals surface area contributed by atoms with E-state index in [-0.39, 0.29) is 0 Å². The summed E-state index contributed by atoms with van der Waals surface area (Å²) in [7, 11) is 6.11. The van der Waals surface area contributed by atoms with Crippen LogP contribution in [0.15, 0.2) is 36.7 Å². The molecular weight excluding hydrogens is 248 g/mol. The van der Waals surface area contributed by atoms with Crippen molar-refractivity contribution >= 4 is 0 Å². The van der Waals surface area contributed by atoms with Gasteiger partial charge in [-0.25, -0.2) is 0 Å². The van der Waals surface area contributed by atoms with Crippen molar-refractivity contribution in [3.63, 3.8) is 0 Å². The second-order valence-corrected chi connectivity index (χ2v) is 5.32. The van der Waals surface area contributed by atoms with Crippen LogP contribution in [0.5, 0.6) is 0 Å². The number of aromatic nitrogens is 2. The second-order valence-electron chi connectivity index (χ2n) is 5.32. The highest BCUT2D eigenvalue weighted by molar-refractivity contribution is 5.27. The quantitative estimate of drug-likeness (QED) is 0.834. The maximum atomic E-state index is 4.22. The lowest BCUT2D eigenvalue weighted by molar-refractivity contribution is 0.318. The predicted octanol–water partition coefficient (Wildman–Crippen LogP) is 1.81. The topological polar surface area (TPSA) is 33.1 Å². The lowest BCUT2D eigenvalue weighted by atomic mass is 10.0. The van der Waals surface area contributed by atoms with Gasteiger partial charge in [0.25, 0.3) is 0 Å². The van der Waals surface area contributed by atoms with E-state index < -0.39 is 0 Å². The molecule has 0 bridgehead atoms. The lowest BCUT2D eigenvalue weighted by Gasteiger charge is -2.18. The Morgan fingerprint density at radius 3 is 2.60 bits per heavy atom. The molecule has 2 rings (SSSR count). The fourth-order valence-corrected chi connectivity index (χ4v) is 2.43. The van der Waals surface area contributed by atoms with E-state index in [9.17, 15) is 0 Å². The van der Waals surface area contributed by atoms with Crippen LogP contribution in [0.25, 0.3) is 0 Å². The van der Waals surface area contributed by atoms with Crippen LogP contribution in [-0.4, -0.2) is 35.3 Å². The molecule has 0 atom stereocenters. The van der Waals surface area contributed by atoms with Crippen LogP contribution in [0, 0.1) is 0 Å². The summed E-state index contributed by atoms with van der Waals surface area (Å²) in [5.41, 5.74) is 4.09. The number of likely N-dealkylation sites (N-methyl/N-ethyl adjacent to an activating group) is 1. The first-order valence-corrected chi connectivity index (χ1v) is 7.06. The van der Waals surface area contributed by atoms with Crippen LogP contribution in [0.1, 0.15) is 16.7 Å². The summed E-state index contributed by atoms with van der Waals surface area (Å²) in [6.07, 6.45) is 5.08. The third-order valence-electron chi connectivity index (χ3n) is 3.41. The van der Waals surface area contributed by atoms with Gasteiger partial charge in [-0.3, -0.25) is 9.58 Å². The van der Waals surface area contributed by atoms with Gasteiger partial charge in [-0.1, -0.05) is 24.3 Å². The van der Waals surface area contributed by atoms with E-state index in [2.05, 4.69) is 52.8 Å². The summed E-state index contributed by atoms with van der Waals surface area (Å²) in [6.45, 7) is 2.91. The first-order valence-electron chi connectivity index (χ1n) is 7.06. The van der Waals surface area contributed by atoms with Crippen molar-refractivity contribution in [1.29, 1.82) is 0 Å². The van der Waals surface area contributed by atoms with E-state index in [1.54, 1.807) is 0 Å². The molecule has 4 heteroatoms. The molecule has 0 aliphatic heterocycles. The predicted molar refractivity (Wildman–Crippen MR) is 82.5 cm³/mol. The summed E-state index contributed by atoms with van der Waals surface area (Å²) >= 11 is 0. The zero-order chi connectivity index (χ0) is 14.4. The third-order valence-corrected chi connectivity index (χ3v) is 3.41. The molecule has 0 aliphatic carbocycles. The summed E-state index contributed by atoms with van der Waals surface area (Å²) in [6, 6.07) is 8.70. The standard InChI is InChI=1S/C16H24N4/c1-17-9-8-15-6-4-5-7-16(15)13-19(2)11-14-10-18-20(3)12-14/h4-7,10,12,17H,8-9,11,13H2,1-3H3. The van der Waals surface area contributed by atoms with Crippen molar-refractivity contribution in [3.8, 4) is 0 Å². The summed E-state index contributed by atoms with van der Waals surface area (Å²) in [5.74, 6) is 0. The number of hydrogen-bond donors (Lipinski definition) is 1. The maximum Gasteiger partial charge on any atom is 0.0534 e. The van der Waals surface area contributed by atoms with Gasteiger partial charge < -0.3 is 5.32 Å². The Hall–Kier alpha value is -1.65. The third kappa shape index (κ3) is 4.18. The van der Waals surface area contributed by atoms with E-state index in [1.807, 2.05) is 25.0 Å². The van der Waals surface area contributed by atoms with E-state index >= 15 is 0 Å². The fraction of sp³-hybridized carbons (Fsp3) is 0.438. The molecule has 0 saturated carbocycles. The van der Waals surface area contributed by atoms with Gasteiger partial charge in [0.1, 0.15) is 0 Å². The normalized spacial score (nSPS) is 11.2. The van der Waals surface area contributed by atoms with Crippen molar-refractivity contribution in [3.05, 3.63) is 53.3 Å². The number of rotatable bonds is 7. The monoisotopic (exact) mass is 272 g/mol. The van der Waals surface area contributed by atoms with Crippen molar-refractivity contribution in [2.45, 2.75) is 19.5 Å². The van der Waals surface area contributed by atoms with Crippen molar-refractivity contribution < 1.29 is 0 Å². The molecule has 0 aliphatic rings. The highest BCUT2D eigenvalue weighted by Gasteiger charge is 2.06. The first-order chi connectivity index (χ1) is 9.69. The number of hydrogen-bond acceptors (Lipinski definition) is 3. The van der Waals surface area contributed by atoms with Gasteiger partial charge in [0.15, 0.2) is 0 Å². The van der Waals surface area contributed by atoms with Crippen molar-refractivity contribution in [1.82, 2.24) is 20.0 Å². The zero-order valence-electron chi connectivity index (χ0n) is 12.6. The smallest absolute Gasteiger partial charge is 0.0534 e. The van der Waals surface area contributed by atoms with Crippen LogP contribution in [0.2, 0.25) is 0 Å². The SMILES string of the molecule is CNCCc1ccccc1CN(C)Cc1cnn(C)c1. The van der Waals surface area contributed by atoms with Gasteiger partial charge in [-0.15, -0.1) is 0 Å². The Morgan fingerprint density at radius 1 is 1.20 bits per heavy atom. The van der Waals surface area contributed by atoms with E-state index in [4.69, 9.17) is 0 Å². The average Bonchev–Trinajstić information content (AvgIpc) is 2.83. The Kier molecular flexibility index (Phi) is 5.32. The molecular formula is C16H24N4. The van der Waals surface area contributed by atoms with Gasteiger partial charge in [-0.2, -0.15) is 5.10 Å². The minimum atomic E-state index is 0.925. The second kappa shape index (κ2) is 7.22. The van der Waals surface area contributed by atoms with Crippen molar-refractivity contribution in [2.24, 2.45) is 7.05 Å². The van der Waals surface area contributed by atoms with E-state index in [1.165, 1.54) is 16.7 Å². The average molecular weight is 272 g/mol. The molecule has 0 spiro atoms. The fourth-order valence-electron chi connectivity index (χ4n) is 2.43. The summed E-state index contributed by atoms with van der Waals surface area (Å²) in [4.78, 5) is 2.33. The Morgan fingerprint density at radius 2 is 1.95 bits per heavy atom. The van der Waals surface area contributed by atoms with Crippen LogP contribution in [-0.2, 0) is 26.6 Å². The maximum absolute atomic E-state index is 4.22. The zero-order valence-corrected chi connectivity index (χ0v) is 12.6. The largest absolute Gasteiger partial charge is 0.319 e.